The maximum absolute atomic E-state index is 13.6. The van der Waals surface area contributed by atoms with Crippen molar-refractivity contribution in [2.75, 3.05) is 38.2 Å². The number of benzene rings is 2. The average molecular weight is 565 g/mol. The first-order valence-electron chi connectivity index (χ1n) is 11.9. The van der Waals surface area contributed by atoms with E-state index in [0.29, 0.717) is 55.2 Å². The zero-order valence-corrected chi connectivity index (χ0v) is 23.0. The summed E-state index contributed by atoms with van der Waals surface area (Å²) in [6.07, 6.45) is 3.53. The molecule has 0 saturated carbocycles. The van der Waals surface area contributed by atoms with E-state index in [4.69, 9.17) is 0 Å². The highest BCUT2D eigenvalue weighted by Crippen LogP contribution is 2.27. The molecule has 1 aromatic heterocycles. The van der Waals surface area contributed by atoms with Crippen LogP contribution in [0.5, 0.6) is 0 Å². The Balaban J connectivity index is 0.00000195. The van der Waals surface area contributed by atoms with Crippen LogP contribution in [0.15, 0.2) is 59.6 Å². The molecule has 0 spiro atoms. The summed E-state index contributed by atoms with van der Waals surface area (Å²) in [6, 6.07) is 13.0. The summed E-state index contributed by atoms with van der Waals surface area (Å²) in [7, 11) is -6.68. The lowest BCUT2D eigenvalue weighted by Gasteiger charge is -2.17. The van der Waals surface area contributed by atoms with E-state index in [1.807, 2.05) is 0 Å². The smallest absolute Gasteiger partial charge is 0.243 e. The monoisotopic (exact) mass is 564 g/mol. The first-order chi connectivity index (χ1) is 18.0. The Morgan fingerprint density at radius 2 is 1.74 bits per heavy atom. The Hall–Kier alpha value is -2.81. The molecule has 206 valence electrons. The summed E-state index contributed by atoms with van der Waals surface area (Å²) in [5.74, 6) is 8.35. The van der Waals surface area contributed by atoms with E-state index in [-0.39, 0.29) is 22.4 Å². The molecule has 1 fully saturated rings. The van der Waals surface area contributed by atoms with Crippen LogP contribution < -0.4 is 17.0 Å². The molecule has 13 heteroatoms. The number of halogens is 1. The van der Waals surface area contributed by atoms with Gasteiger partial charge in [-0.2, -0.15) is 4.31 Å². The number of sulfonamides is 1. The highest BCUT2D eigenvalue weighted by atomic mass is 32.2. The van der Waals surface area contributed by atoms with Crippen LogP contribution in [0.1, 0.15) is 12.0 Å². The van der Waals surface area contributed by atoms with Gasteiger partial charge in [-0.3, -0.25) is 11.7 Å². The molecule has 1 atom stereocenters. The van der Waals surface area contributed by atoms with Crippen molar-refractivity contribution in [2.45, 2.75) is 18.2 Å². The Morgan fingerprint density at radius 1 is 1.05 bits per heavy atom. The highest BCUT2D eigenvalue weighted by molar-refractivity contribution is 7.90. The van der Waals surface area contributed by atoms with Crippen molar-refractivity contribution in [2.24, 2.45) is 17.6 Å². The fourth-order valence-corrected chi connectivity index (χ4v) is 6.18. The largest absolute Gasteiger partial charge is 0.315 e. The van der Waals surface area contributed by atoms with E-state index in [0.717, 1.165) is 5.56 Å². The SMILES string of the molecule is Cc1cc(-c2ccnc(-c3ccc(S(=O)(=O)N4CCC(CNCCS(C)(=O)=O)C4)cc3)n2)ccc1F.NN. The number of nitrogens with zero attached hydrogens (tertiary/aromatic N) is 3. The molecular formula is C25H33FN6O4S2. The van der Waals surface area contributed by atoms with Gasteiger partial charge in [0.25, 0.3) is 0 Å². The average Bonchev–Trinajstić information content (AvgIpc) is 3.39. The normalized spacial score (nSPS) is 16.2. The van der Waals surface area contributed by atoms with Gasteiger partial charge in [0, 0.05) is 43.2 Å². The molecular weight excluding hydrogens is 531 g/mol. The van der Waals surface area contributed by atoms with Crippen LogP contribution in [0.2, 0.25) is 0 Å². The molecule has 10 nitrogen and oxygen atoms in total. The molecule has 3 aromatic rings. The maximum atomic E-state index is 13.6. The summed E-state index contributed by atoms with van der Waals surface area (Å²) < 4.78 is 63.9. The zero-order chi connectivity index (χ0) is 27.9. The van der Waals surface area contributed by atoms with E-state index >= 15 is 0 Å². The number of hydrogen-bond donors (Lipinski definition) is 3. The molecule has 4 rings (SSSR count). The van der Waals surface area contributed by atoms with Gasteiger partial charge in [0.1, 0.15) is 15.7 Å². The lowest BCUT2D eigenvalue weighted by atomic mass is 10.1. The Bertz CT molecular complexity index is 1450. The van der Waals surface area contributed by atoms with Crippen LogP contribution in [0, 0.1) is 18.7 Å². The van der Waals surface area contributed by atoms with Crippen molar-refractivity contribution in [1.82, 2.24) is 19.6 Å². The molecule has 5 N–H and O–H groups in total. The number of rotatable bonds is 9. The van der Waals surface area contributed by atoms with Crippen molar-refractivity contribution >= 4 is 19.9 Å². The number of aromatic nitrogens is 2. The quantitative estimate of drug-likeness (QED) is 0.200. The zero-order valence-electron chi connectivity index (χ0n) is 21.3. The number of nitrogens with two attached hydrogens (primary N) is 2. The van der Waals surface area contributed by atoms with Gasteiger partial charge in [0.15, 0.2) is 5.82 Å². The molecule has 2 heterocycles. The van der Waals surface area contributed by atoms with Crippen molar-refractivity contribution in [3.8, 4) is 22.6 Å². The summed E-state index contributed by atoms with van der Waals surface area (Å²) in [6.45, 7) is 3.43. The van der Waals surface area contributed by atoms with Crippen LogP contribution in [0.3, 0.4) is 0 Å². The van der Waals surface area contributed by atoms with Gasteiger partial charge in [-0.25, -0.2) is 31.2 Å². The van der Waals surface area contributed by atoms with E-state index < -0.39 is 19.9 Å². The fraction of sp³-hybridized carbons (Fsp3) is 0.360. The Labute approximate surface area is 223 Å². The van der Waals surface area contributed by atoms with Crippen molar-refractivity contribution in [3.05, 3.63) is 66.1 Å². The second-order valence-electron chi connectivity index (χ2n) is 9.11. The standard InChI is InChI=1S/C25H29FN4O4S2.H4N2/c1-18-15-21(5-8-23(18)26)24-9-11-28-25(29-24)20-3-6-22(7-4-20)36(33,34)30-13-10-19(17-30)16-27-12-14-35(2,31)32;1-2/h3-9,11,15,19,27H,10,12-14,16-17H2,1-2H3;1-2H2. The maximum Gasteiger partial charge on any atom is 0.243 e. The van der Waals surface area contributed by atoms with E-state index in [2.05, 4.69) is 27.0 Å². The van der Waals surface area contributed by atoms with Gasteiger partial charge in [0.05, 0.1) is 16.3 Å². The predicted octanol–water partition coefficient (Wildman–Crippen LogP) is 1.72. The summed E-state index contributed by atoms with van der Waals surface area (Å²) in [5.41, 5.74) is 2.61. The minimum absolute atomic E-state index is 0.0598. The van der Waals surface area contributed by atoms with Crippen molar-refractivity contribution in [1.29, 1.82) is 0 Å². The molecule has 2 aromatic carbocycles. The second-order valence-corrected chi connectivity index (χ2v) is 13.3. The van der Waals surface area contributed by atoms with Gasteiger partial charge in [-0.1, -0.05) is 0 Å². The van der Waals surface area contributed by atoms with Crippen LogP contribution in [-0.4, -0.2) is 69.3 Å². The van der Waals surface area contributed by atoms with Crippen LogP contribution in [0.25, 0.3) is 22.6 Å². The lowest BCUT2D eigenvalue weighted by molar-refractivity contribution is 0.447. The minimum atomic E-state index is -3.65. The summed E-state index contributed by atoms with van der Waals surface area (Å²) in [4.78, 5) is 9.09. The van der Waals surface area contributed by atoms with Crippen molar-refractivity contribution < 1.29 is 21.2 Å². The molecule has 0 aliphatic carbocycles. The fourth-order valence-electron chi connectivity index (χ4n) is 4.13. The summed E-state index contributed by atoms with van der Waals surface area (Å²) in [5, 5.41) is 3.11. The lowest BCUT2D eigenvalue weighted by Crippen LogP contribution is -2.32. The van der Waals surface area contributed by atoms with E-state index in [1.165, 1.54) is 16.6 Å². The summed E-state index contributed by atoms with van der Waals surface area (Å²) >= 11 is 0. The third-order valence-electron chi connectivity index (χ3n) is 6.19. The first kappa shape index (κ1) is 29.7. The highest BCUT2D eigenvalue weighted by Gasteiger charge is 2.32. The van der Waals surface area contributed by atoms with Gasteiger partial charge in [-0.05, 0) is 79.9 Å². The Kier molecular flexibility index (Phi) is 10.0. The van der Waals surface area contributed by atoms with E-state index in [9.17, 15) is 21.2 Å². The molecule has 38 heavy (non-hydrogen) atoms. The molecule has 0 amide bonds. The number of nitrogens with one attached hydrogen (secondary N) is 1. The van der Waals surface area contributed by atoms with Gasteiger partial charge >= 0.3 is 0 Å². The first-order valence-corrected chi connectivity index (χ1v) is 15.4. The second kappa shape index (κ2) is 12.8. The number of sulfone groups is 1. The van der Waals surface area contributed by atoms with Gasteiger partial charge in [-0.15, -0.1) is 0 Å². The number of hydrogen-bond acceptors (Lipinski definition) is 9. The van der Waals surface area contributed by atoms with Gasteiger partial charge < -0.3 is 5.32 Å². The molecule has 0 bridgehead atoms. The number of aryl methyl sites for hydroxylation is 1. The molecule has 1 unspecified atom stereocenters. The molecule has 0 radical (unpaired) electrons. The molecule has 1 aliphatic heterocycles. The molecule has 1 saturated heterocycles. The van der Waals surface area contributed by atoms with E-state index in [1.54, 1.807) is 55.6 Å². The minimum Gasteiger partial charge on any atom is -0.315 e. The topological polar surface area (TPSA) is 161 Å². The van der Waals surface area contributed by atoms with Crippen LogP contribution in [0.4, 0.5) is 4.39 Å². The number of hydrazine groups is 1. The third kappa shape index (κ3) is 7.62. The van der Waals surface area contributed by atoms with Gasteiger partial charge in [0.2, 0.25) is 10.0 Å². The molecule has 1 aliphatic rings. The predicted molar refractivity (Wildman–Crippen MR) is 145 cm³/mol. The van der Waals surface area contributed by atoms with Crippen LogP contribution in [-0.2, 0) is 19.9 Å². The van der Waals surface area contributed by atoms with Crippen LogP contribution >= 0.6 is 0 Å². The Morgan fingerprint density at radius 3 is 2.39 bits per heavy atom. The third-order valence-corrected chi connectivity index (χ3v) is 9.02. The van der Waals surface area contributed by atoms with Crippen molar-refractivity contribution in [3.63, 3.8) is 0 Å².